The summed E-state index contributed by atoms with van der Waals surface area (Å²) in [4.78, 5) is 4.81. The highest BCUT2D eigenvalue weighted by molar-refractivity contribution is 5.51. The molecule has 1 aliphatic rings. The number of nitrogen functional groups attached to an aromatic ring is 1. The molecule has 17 heavy (non-hydrogen) atoms. The van der Waals surface area contributed by atoms with Gasteiger partial charge in [0.1, 0.15) is 0 Å². The minimum absolute atomic E-state index is 0.575. The van der Waals surface area contributed by atoms with Crippen LogP contribution in [0.5, 0.6) is 0 Å². The molecular formula is C13H22N4. The molecule has 1 heterocycles. The van der Waals surface area contributed by atoms with Crippen molar-refractivity contribution < 1.29 is 0 Å². The standard InChI is InChI=1S/C13H22N4/c1-16-7-8-17(2)13(10-16)9-15-12-5-3-11(14)4-6-12/h3-6,13,15H,7-10,14H2,1-2H3. The van der Waals surface area contributed by atoms with Gasteiger partial charge in [-0.05, 0) is 38.4 Å². The molecule has 0 spiro atoms. The zero-order chi connectivity index (χ0) is 12.3. The molecule has 1 unspecified atom stereocenters. The predicted molar refractivity (Wildman–Crippen MR) is 73.3 cm³/mol. The second-order valence-corrected chi connectivity index (χ2v) is 4.90. The number of nitrogens with zero attached hydrogens (tertiary/aromatic N) is 2. The summed E-state index contributed by atoms with van der Waals surface area (Å²) in [6, 6.07) is 8.49. The average molecular weight is 234 g/mol. The van der Waals surface area contributed by atoms with Gasteiger partial charge in [0.15, 0.2) is 0 Å². The predicted octanol–water partition coefficient (Wildman–Crippen LogP) is 0.927. The van der Waals surface area contributed by atoms with Crippen LogP contribution in [0.2, 0.25) is 0 Å². The number of benzene rings is 1. The van der Waals surface area contributed by atoms with Crippen molar-refractivity contribution in [2.24, 2.45) is 0 Å². The van der Waals surface area contributed by atoms with E-state index in [1.807, 2.05) is 24.3 Å². The van der Waals surface area contributed by atoms with Crippen LogP contribution in [-0.2, 0) is 0 Å². The van der Waals surface area contributed by atoms with Gasteiger partial charge in [0.25, 0.3) is 0 Å². The molecular weight excluding hydrogens is 212 g/mol. The maximum Gasteiger partial charge on any atom is 0.0393 e. The van der Waals surface area contributed by atoms with Gasteiger partial charge in [-0.25, -0.2) is 0 Å². The highest BCUT2D eigenvalue weighted by atomic mass is 15.3. The number of piperazine rings is 1. The van der Waals surface area contributed by atoms with Gasteiger partial charge in [-0.3, -0.25) is 4.90 Å². The van der Waals surface area contributed by atoms with Crippen molar-refractivity contribution in [3.05, 3.63) is 24.3 Å². The largest absolute Gasteiger partial charge is 0.399 e. The van der Waals surface area contributed by atoms with E-state index in [1.54, 1.807) is 0 Å². The SMILES string of the molecule is CN1CCN(C)C(CNc2ccc(N)cc2)C1. The first kappa shape index (κ1) is 12.2. The summed E-state index contributed by atoms with van der Waals surface area (Å²) in [6.45, 7) is 4.41. The third kappa shape index (κ3) is 3.35. The molecule has 3 N–H and O–H groups in total. The van der Waals surface area contributed by atoms with Crippen LogP contribution in [0.1, 0.15) is 0 Å². The molecule has 94 valence electrons. The molecule has 1 saturated heterocycles. The lowest BCUT2D eigenvalue weighted by Gasteiger charge is -2.37. The van der Waals surface area contributed by atoms with Crippen molar-refractivity contribution in [1.82, 2.24) is 9.80 Å². The molecule has 4 heteroatoms. The quantitative estimate of drug-likeness (QED) is 0.764. The summed E-state index contributed by atoms with van der Waals surface area (Å²) in [7, 11) is 4.38. The van der Waals surface area contributed by atoms with Gasteiger partial charge in [-0.1, -0.05) is 0 Å². The molecule has 0 saturated carbocycles. The fourth-order valence-electron chi connectivity index (χ4n) is 2.16. The number of nitrogens with two attached hydrogens (primary N) is 1. The molecule has 0 bridgehead atoms. The van der Waals surface area contributed by atoms with Crippen molar-refractivity contribution in [2.75, 3.05) is 51.3 Å². The number of hydrogen-bond donors (Lipinski definition) is 2. The van der Waals surface area contributed by atoms with Gasteiger partial charge in [0, 0.05) is 43.6 Å². The lowest BCUT2D eigenvalue weighted by molar-refractivity contribution is 0.122. The molecule has 1 atom stereocenters. The van der Waals surface area contributed by atoms with Crippen molar-refractivity contribution >= 4 is 11.4 Å². The van der Waals surface area contributed by atoms with E-state index in [4.69, 9.17) is 5.73 Å². The van der Waals surface area contributed by atoms with Crippen molar-refractivity contribution in [2.45, 2.75) is 6.04 Å². The summed E-state index contributed by atoms with van der Waals surface area (Å²) in [5, 5.41) is 3.47. The van der Waals surface area contributed by atoms with E-state index in [2.05, 4.69) is 29.2 Å². The van der Waals surface area contributed by atoms with Crippen LogP contribution in [0.15, 0.2) is 24.3 Å². The molecule has 1 aromatic rings. The van der Waals surface area contributed by atoms with Gasteiger partial charge in [-0.15, -0.1) is 0 Å². The van der Waals surface area contributed by atoms with Crippen LogP contribution in [-0.4, -0.2) is 56.1 Å². The Bertz CT molecular complexity index is 349. The van der Waals surface area contributed by atoms with E-state index in [9.17, 15) is 0 Å². The molecule has 0 aromatic heterocycles. The molecule has 0 amide bonds. The van der Waals surface area contributed by atoms with Crippen LogP contribution in [0.3, 0.4) is 0 Å². The number of likely N-dealkylation sites (N-methyl/N-ethyl adjacent to an activating group) is 2. The van der Waals surface area contributed by atoms with E-state index >= 15 is 0 Å². The van der Waals surface area contributed by atoms with Gasteiger partial charge in [0.05, 0.1) is 0 Å². The summed E-state index contributed by atoms with van der Waals surface area (Å²) in [5.41, 5.74) is 7.61. The van der Waals surface area contributed by atoms with Gasteiger partial charge < -0.3 is 16.0 Å². The Hall–Kier alpha value is -1.26. The number of anilines is 2. The van der Waals surface area contributed by atoms with Crippen LogP contribution >= 0.6 is 0 Å². The Morgan fingerprint density at radius 1 is 1.24 bits per heavy atom. The van der Waals surface area contributed by atoms with Crippen LogP contribution in [0.4, 0.5) is 11.4 Å². The van der Waals surface area contributed by atoms with E-state index in [-0.39, 0.29) is 0 Å². The smallest absolute Gasteiger partial charge is 0.0393 e. The Morgan fingerprint density at radius 2 is 1.94 bits per heavy atom. The molecule has 1 fully saturated rings. The lowest BCUT2D eigenvalue weighted by atomic mass is 10.2. The molecule has 4 nitrogen and oxygen atoms in total. The Balaban J connectivity index is 1.86. The third-order valence-corrected chi connectivity index (χ3v) is 3.43. The topological polar surface area (TPSA) is 44.5 Å². The number of nitrogens with one attached hydrogen (secondary N) is 1. The first-order chi connectivity index (χ1) is 8.15. The molecule has 1 aromatic carbocycles. The maximum atomic E-state index is 5.66. The summed E-state index contributed by atoms with van der Waals surface area (Å²) in [6.07, 6.45) is 0. The molecule has 2 rings (SSSR count). The number of rotatable bonds is 3. The normalized spacial score (nSPS) is 22.6. The number of hydrogen-bond acceptors (Lipinski definition) is 4. The zero-order valence-electron chi connectivity index (χ0n) is 10.7. The average Bonchev–Trinajstić information content (AvgIpc) is 2.32. The zero-order valence-corrected chi connectivity index (χ0v) is 10.7. The Kier molecular flexibility index (Phi) is 3.86. The van der Waals surface area contributed by atoms with Crippen LogP contribution in [0, 0.1) is 0 Å². The van der Waals surface area contributed by atoms with Gasteiger partial charge in [0.2, 0.25) is 0 Å². The third-order valence-electron chi connectivity index (χ3n) is 3.43. The maximum absolute atomic E-state index is 5.66. The van der Waals surface area contributed by atoms with Crippen LogP contribution in [0.25, 0.3) is 0 Å². The van der Waals surface area contributed by atoms with Crippen molar-refractivity contribution in [3.63, 3.8) is 0 Å². The fourth-order valence-corrected chi connectivity index (χ4v) is 2.16. The highest BCUT2D eigenvalue weighted by Gasteiger charge is 2.21. The summed E-state index contributed by atoms with van der Waals surface area (Å²) in [5.74, 6) is 0. The van der Waals surface area contributed by atoms with Crippen LogP contribution < -0.4 is 11.1 Å². The van der Waals surface area contributed by atoms with E-state index < -0.39 is 0 Å². The summed E-state index contributed by atoms with van der Waals surface area (Å²) >= 11 is 0. The molecule has 0 radical (unpaired) electrons. The first-order valence-corrected chi connectivity index (χ1v) is 6.13. The van der Waals surface area contributed by atoms with E-state index in [0.29, 0.717) is 6.04 Å². The molecule has 0 aliphatic carbocycles. The second kappa shape index (κ2) is 5.38. The summed E-state index contributed by atoms with van der Waals surface area (Å²) < 4.78 is 0. The Morgan fingerprint density at radius 3 is 2.65 bits per heavy atom. The Labute approximate surface area is 103 Å². The fraction of sp³-hybridized carbons (Fsp3) is 0.538. The highest BCUT2D eigenvalue weighted by Crippen LogP contribution is 2.12. The van der Waals surface area contributed by atoms with Gasteiger partial charge in [-0.2, -0.15) is 0 Å². The monoisotopic (exact) mass is 234 g/mol. The van der Waals surface area contributed by atoms with Crippen molar-refractivity contribution in [3.8, 4) is 0 Å². The first-order valence-electron chi connectivity index (χ1n) is 6.13. The molecule has 1 aliphatic heterocycles. The van der Waals surface area contributed by atoms with E-state index in [0.717, 1.165) is 37.6 Å². The second-order valence-electron chi connectivity index (χ2n) is 4.90. The van der Waals surface area contributed by atoms with Gasteiger partial charge >= 0.3 is 0 Å². The minimum atomic E-state index is 0.575. The lowest BCUT2D eigenvalue weighted by Crippen LogP contribution is -2.52. The van der Waals surface area contributed by atoms with E-state index in [1.165, 1.54) is 0 Å². The van der Waals surface area contributed by atoms with Crippen molar-refractivity contribution in [1.29, 1.82) is 0 Å². The minimum Gasteiger partial charge on any atom is -0.399 e.